The van der Waals surface area contributed by atoms with Crippen molar-refractivity contribution in [3.63, 3.8) is 0 Å². The number of hydrogen-bond acceptors (Lipinski definition) is 3. The average Bonchev–Trinajstić information content (AvgIpc) is 2.88. The molecular weight excluding hydrogens is 279 g/mol. The van der Waals surface area contributed by atoms with E-state index in [-0.39, 0.29) is 16.1 Å². The fourth-order valence-electron chi connectivity index (χ4n) is 2.22. The molecule has 3 N–H and O–H groups in total. The van der Waals surface area contributed by atoms with E-state index >= 15 is 0 Å². The maximum atomic E-state index is 13.6. The molecular formula is C14H19FN2O2S. The second-order valence-electron chi connectivity index (χ2n) is 5.02. The smallest absolute Gasteiger partial charge is 0.240 e. The minimum absolute atomic E-state index is 0.126. The standard InChI is InChI=1S/C14H19FN2O2S/c1-10-13(15)8-12(9-14(10)16)20(18,19)17-7-6-11-4-2-3-5-11/h4,8-9,17H,2-3,5-7,16H2,1H3. The third-order valence-corrected chi connectivity index (χ3v) is 4.98. The zero-order chi connectivity index (χ0) is 14.8. The van der Waals surface area contributed by atoms with Gasteiger partial charge in [0.15, 0.2) is 0 Å². The van der Waals surface area contributed by atoms with Gasteiger partial charge in [-0.25, -0.2) is 17.5 Å². The molecule has 0 fully saturated rings. The van der Waals surface area contributed by atoms with Gasteiger partial charge in [-0.15, -0.1) is 0 Å². The molecule has 4 nitrogen and oxygen atoms in total. The molecule has 2 rings (SSSR count). The lowest BCUT2D eigenvalue weighted by molar-refractivity contribution is 0.576. The van der Waals surface area contributed by atoms with E-state index in [4.69, 9.17) is 5.73 Å². The highest BCUT2D eigenvalue weighted by Gasteiger charge is 2.17. The maximum absolute atomic E-state index is 13.6. The van der Waals surface area contributed by atoms with Crippen molar-refractivity contribution in [2.75, 3.05) is 12.3 Å². The quantitative estimate of drug-likeness (QED) is 0.648. The summed E-state index contributed by atoms with van der Waals surface area (Å²) in [5.74, 6) is -0.608. The second-order valence-corrected chi connectivity index (χ2v) is 6.79. The van der Waals surface area contributed by atoms with E-state index in [2.05, 4.69) is 10.8 Å². The molecule has 0 atom stereocenters. The Morgan fingerprint density at radius 1 is 1.40 bits per heavy atom. The molecule has 0 amide bonds. The van der Waals surface area contributed by atoms with E-state index in [1.165, 1.54) is 18.6 Å². The fourth-order valence-corrected chi connectivity index (χ4v) is 3.30. The Labute approximate surface area is 118 Å². The first-order valence-electron chi connectivity index (χ1n) is 6.63. The minimum Gasteiger partial charge on any atom is -0.398 e. The van der Waals surface area contributed by atoms with Crippen molar-refractivity contribution < 1.29 is 12.8 Å². The van der Waals surface area contributed by atoms with Crippen molar-refractivity contribution in [1.29, 1.82) is 0 Å². The van der Waals surface area contributed by atoms with E-state index in [0.29, 0.717) is 13.0 Å². The SMILES string of the molecule is Cc1c(N)cc(S(=O)(=O)NCCC2=CCCC2)cc1F. The summed E-state index contributed by atoms with van der Waals surface area (Å²) in [6, 6.07) is 2.29. The highest BCUT2D eigenvalue weighted by molar-refractivity contribution is 7.89. The molecule has 0 saturated carbocycles. The number of benzene rings is 1. The van der Waals surface area contributed by atoms with Crippen LogP contribution in [0.2, 0.25) is 0 Å². The van der Waals surface area contributed by atoms with Crippen LogP contribution in [0.4, 0.5) is 10.1 Å². The first-order valence-corrected chi connectivity index (χ1v) is 8.11. The first-order chi connectivity index (χ1) is 9.40. The number of allylic oxidation sites excluding steroid dienone is 1. The highest BCUT2D eigenvalue weighted by Crippen LogP contribution is 2.22. The predicted octanol–water partition coefficient (Wildman–Crippen LogP) is 2.50. The maximum Gasteiger partial charge on any atom is 0.240 e. The average molecular weight is 298 g/mol. The van der Waals surface area contributed by atoms with Crippen molar-refractivity contribution in [3.05, 3.63) is 35.2 Å². The lowest BCUT2D eigenvalue weighted by atomic mass is 10.2. The van der Waals surface area contributed by atoms with Gasteiger partial charge >= 0.3 is 0 Å². The van der Waals surface area contributed by atoms with Gasteiger partial charge in [0, 0.05) is 17.8 Å². The Morgan fingerprint density at radius 3 is 2.75 bits per heavy atom. The largest absolute Gasteiger partial charge is 0.398 e. The molecule has 0 unspecified atom stereocenters. The highest BCUT2D eigenvalue weighted by atomic mass is 32.2. The lowest BCUT2D eigenvalue weighted by Crippen LogP contribution is -2.25. The molecule has 0 saturated heterocycles. The van der Waals surface area contributed by atoms with Crippen LogP contribution in [0.25, 0.3) is 0 Å². The van der Waals surface area contributed by atoms with Gasteiger partial charge in [0.05, 0.1) is 4.90 Å². The second kappa shape index (κ2) is 5.93. The monoisotopic (exact) mass is 298 g/mol. The summed E-state index contributed by atoms with van der Waals surface area (Å²) in [6.07, 6.45) is 6.10. The fraction of sp³-hybridized carbons (Fsp3) is 0.429. The number of anilines is 1. The number of sulfonamides is 1. The van der Waals surface area contributed by atoms with E-state index in [9.17, 15) is 12.8 Å². The van der Waals surface area contributed by atoms with Crippen molar-refractivity contribution in [3.8, 4) is 0 Å². The van der Waals surface area contributed by atoms with Crippen LogP contribution in [0.1, 0.15) is 31.2 Å². The van der Waals surface area contributed by atoms with Crippen molar-refractivity contribution in [2.24, 2.45) is 0 Å². The number of hydrogen-bond donors (Lipinski definition) is 2. The summed E-state index contributed by atoms with van der Waals surface area (Å²) in [4.78, 5) is -0.126. The first kappa shape index (κ1) is 15.0. The lowest BCUT2D eigenvalue weighted by Gasteiger charge is -2.09. The third kappa shape index (κ3) is 3.37. The molecule has 0 aromatic heterocycles. The Bertz CT molecular complexity index is 616. The minimum atomic E-state index is -3.71. The topological polar surface area (TPSA) is 72.2 Å². The van der Waals surface area contributed by atoms with Crippen LogP contribution in [-0.2, 0) is 10.0 Å². The Balaban J connectivity index is 2.06. The van der Waals surface area contributed by atoms with Gasteiger partial charge in [-0.1, -0.05) is 11.6 Å². The Kier molecular flexibility index (Phi) is 4.45. The predicted molar refractivity (Wildman–Crippen MR) is 77.3 cm³/mol. The van der Waals surface area contributed by atoms with Crippen LogP contribution < -0.4 is 10.5 Å². The molecule has 0 radical (unpaired) electrons. The zero-order valence-electron chi connectivity index (χ0n) is 11.4. The van der Waals surface area contributed by atoms with Crippen molar-refractivity contribution in [2.45, 2.75) is 37.5 Å². The molecule has 1 aromatic rings. The summed E-state index contributed by atoms with van der Waals surface area (Å²) in [5.41, 5.74) is 7.29. The van der Waals surface area contributed by atoms with Crippen LogP contribution in [0.5, 0.6) is 0 Å². The number of halogens is 1. The third-order valence-electron chi connectivity index (χ3n) is 3.54. The van der Waals surface area contributed by atoms with E-state index in [1.54, 1.807) is 0 Å². The molecule has 6 heteroatoms. The van der Waals surface area contributed by atoms with Crippen LogP contribution >= 0.6 is 0 Å². The Morgan fingerprint density at radius 2 is 2.15 bits per heavy atom. The summed E-state index contributed by atoms with van der Waals surface area (Å²) < 4.78 is 40.2. The summed E-state index contributed by atoms with van der Waals surface area (Å²) in [5, 5.41) is 0. The van der Waals surface area contributed by atoms with Gasteiger partial charge in [0.2, 0.25) is 10.0 Å². The molecule has 110 valence electrons. The van der Waals surface area contributed by atoms with Gasteiger partial charge in [0.1, 0.15) is 5.82 Å². The summed E-state index contributed by atoms with van der Waals surface area (Å²) >= 11 is 0. The molecule has 1 aromatic carbocycles. The van der Waals surface area contributed by atoms with Gasteiger partial charge in [-0.05, 0) is 44.7 Å². The van der Waals surface area contributed by atoms with Gasteiger partial charge < -0.3 is 5.73 Å². The van der Waals surface area contributed by atoms with Gasteiger partial charge in [-0.3, -0.25) is 0 Å². The van der Waals surface area contributed by atoms with Gasteiger partial charge in [0.25, 0.3) is 0 Å². The molecule has 0 spiro atoms. The van der Waals surface area contributed by atoms with E-state index in [1.807, 2.05) is 0 Å². The van der Waals surface area contributed by atoms with Crippen molar-refractivity contribution >= 4 is 15.7 Å². The zero-order valence-corrected chi connectivity index (χ0v) is 12.3. The molecule has 0 bridgehead atoms. The Hall–Kier alpha value is -1.40. The van der Waals surface area contributed by atoms with Crippen LogP contribution in [0.3, 0.4) is 0 Å². The number of nitrogens with two attached hydrogens (primary N) is 1. The van der Waals surface area contributed by atoms with Crippen LogP contribution in [-0.4, -0.2) is 15.0 Å². The van der Waals surface area contributed by atoms with Crippen LogP contribution in [0.15, 0.2) is 28.7 Å². The van der Waals surface area contributed by atoms with Crippen molar-refractivity contribution in [1.82, 2.24) is 4.72 Å². The number of rotatable bonds is 5. The molecule has 1 aliphatic rings. The normalized spacial score (nSPS) is 15.4. The van der Waals surface area contributed by atoms with Gasteiger partial charge in [-0.2, -0.15) is 0 Å². The molecule has 0 aliphatic heterocycles. The van der Waals surface area contributed by atoms with E-state index < -0.39 is 15.8 Å². The summed E-state index contributed by atoms with van der Waals surface area (Å²) in [6.45, 7) is 1.84. The molecule has 20 heavy (non-hydrogen) atoms. The summed E-state index contributed by atoms with van der Waals surface area (Å²) in [7, 11) is -3.71. The number of nitrogens with one attached hydrogen (secondary N) is 1. The van der Waals surface area contributed by atoms with Crippen LogP contribution in [0, 0.1) is 12.7 Å². The number of nitrogen functional groups attached to an aromatic ring is 1. The molecule has 0 heterocycles. The van der Waals surface area contributed by atoms with E-state index in [0.717, 1.165) is 25.3 Å². The molecule has 1 aliphatic carbocycles.